The Balaban J connectivity index is 2.24. The minimum Gasteiger partial charge on any atom is -0.333 e. The van der Waals surface area contributed by atoms with Crippen LogP contribution in [0.1, 0.15) is 19.7 Å². The molecule has 0 spiro atoms. The second-order valence-electron chi connectivity index (χ2n) is 3.96. The number of rotatable bonds is 2. The third-order valence-electron chi connectivity index (χ3n) is 2.67. The Morgan fingerprint density at radius 2 is 2.13 bits per heavy atom. The first-order chi connectivity index (χ1) is 7.01. The second kappa shape index (κ2) is 3.61. The van der Waals surface area contributed by atoms with Gasteiger partial charge in [-0.2, -0.15) is 4.31 Å². The molecule has 1 aliphatic heterocycles. The Morgan fingerprint density at radius 1 is 1.40 bits per heavy atom. The van der Waals surface area contributed by atoms with Crippen LogP contribution in [-0.4, -0.2) is 34.1 Å². The molecule has 6 heteroatoms. The maximum atomic E-state index is 11.9. The average Bonchev–Trinajstić information content (AvgIpc) is 2.63. The van der Waals surface area contributed by atoms with E-state index < -0.39 is 10.0 Å². The van der Waals surface area contributed by atoms with Gasteiger partial charge in [-0.3, -0.25) is 0 Å². The van der Waals surface area contributed by atoms with Gasteiger partial charge in [0, 0.05) is 25.5 Å². The number of aromatic nitrogens is 2. The molecule has 0 fully saturated rings. The van der Waals surface area contributed by atoms with E-state index in [-0.39, 0.29) is 5.25 Å². The van der Waals surface area contributed by atoms with Gasteiger partial charge < -0.3 is 4.57 Å². The summed E-state index contributed by atoms with van der Waals surface area (Å²) in [6.45, 7) is 5.05. The van der Waals surface area contributed by atoms with Crippen molar-refractivity contribution in [1.29, 1.82) is 0 Å². The van der Waals surface area contributed by atoms with Crippen molar-refractivity contribution in [2.45, 2.75) is 32.2 Å². The normalized spacial score (nSPS) is 18.1. The smallest absolute Gasteiger partial charge is 0.216 e. The molecule has 2 rings (SSSR count). The average molecular weight is 229 g/mol. The van der Waals surface area contributed by atoms with Gasteiger partial charge in [-0.15, -0.1) is 0 Å². The molecule has 0 saturated carbocycles. The minimum absolute atomic E-state index is 0.362. The van der Waals surface area contributed by atoms with Crippen molar-refractivity contribution in [2.24, 2.45) is 0 Å². The van der Waals surface area contributed by atoms with E-state index in [1.54, 1.807) is 20.0 Å². The van der Waals surface area contributed by atoms with Gasteiger partial charge in [0.05, 0.1) is 11.8 Å². The van der Waals surface area contributed by atoms with Crippen LogP contribution in [0.5, 0.6) is 0 Å². The number of hydrogen-bond acceptors (Lipinski definition) is 3. The van der Waals surface area contributed by atoms with Gasteiger partial charge in [0.2, 0.25) is 10.0 Å². The maximum Gasteiger partial charge on any atom is 0.216 e. The molecule has 2 heterocycles. The molecular weight excluding hydrogens is 214 g/mol. The summed E-state index contributed by atoms with van der Waals surface area (Å²) in [5, 5.41) is -0.362. The molecule has 0 aromatic carbocycles. The molecule has 1 aromatic heterocycles. The van der Waals surface area contributed by atoms with Crippen LogP contribution in [0.25, 0.3) is 0 Å². The minimum atomic E-state index is -3.14. The van der Waals surface area contributed by atoms with Gasteiger partial charge in [0.25, 0.3) is 0 Å². The topological polar surface area (TPSA) is 55.2 Å². The van der Waals surface area contributed by atoms with Crippen LogP contribution in [-0.2, 0) is 23.1 Å². The number of imidazole rings is 1. The lowest BCUT2D eigenvalue weighted by Crippen LogP contribution is -2.41. The molecule has 1 aliphatic rings. The van der Waals surface area contributed by atoms with E-state index >= 15 is 0 Å². The zero-order chi connectivity index (χ0) is 11.1. The Kier molecular flexibility index (Phi) is 2.56. The Bertz CT molecular complexity index is 450. The van der Waals surface area contributed by atoms with Crippen LogP contribution in [0.4, 0.5) is 0 Å². The molecule has 0 unspecified atom stereocenters. The molecular formula is C9H15N3O2S. The summed E-state index contributed by atoms with van der Waals surface area (Å²) in [5.41, 5.74) is 0. The fraction of sp³-hybridized carbons (Fsp3) is 0.667. The Morgan fingerprint density at radius 3 is 2.80 bits per heavy atom. The van der Waals surface area contributed by atoms with E-state index in [4.69, 9.17) is 0 Å². The molecule has 0 radical (unpaired) electrons. The predicted molar refractivity (Wildman–Crippen MR) is 56.7 cm³/mol. The summed E-state index contributed by atoms with van der Waals surface area (Å²) < 4.78 is 27.3. The molecule has 0 N–H and O–H groups in total. The first-order valence-corrected chi connectivity index (χ1v) is 6.51. The van der Waals surface area contributed by atoms with Gasteiger partial charge in [0.1, 0.15) is 5.82 Å². The summed E-state index contributed by atoms with van der Waals surface area (Å²) in [7, 11) is -3.14. The van der Waals surface area contributed by atoms with Crippen LogP contribution < -0.4 is 0 Å². The lowest BCUT2D eigenvalue weighted by atomic mass is 10.4. The first kappa shape index (κ1) is 10.6. The van der Waals surface area contributed by atoms with Crippen molar-refractivity contribution >= 4 is 10.0 Å². The van der Waals surface area contributed by atoms with Gasteiger partial charge in [-0.25, -0.2) is 13.4 Å². The van der Waals surface area contributed by atoms with Crippen LogP contribution in [0.15, 0.2) is 12.4 Å². The summed E-state index contributed by atoms with van der Waals surface area (Å²) in [5.74, 6) is 0.825. The highest BCUT2D eigenvalue weighted by molar-refractivity contribution is 7.89. The van der Waals surface area contributed by atoms with Gasteiger partial charge >= 0.3 is 0 Å². The molecule has 1 aromatic rings. The molecule has 0 saturated heterocycles. The SMILES string of the molecule is CC(C)S(=O)(=O)N1CCn2ccnc2C1. The number of hydrogen-bond donors (Lipinski definition) is 0. The lowest BCUT2D eigenvalue weighted by molar-refractivity contribution is 0.332. The van der Waals surface area contributed by atoms with Gasteiger partial charge in [-0.05, 0) is 13.8 Å². The van der Waals surface area contributed by atoms with Crippen molar-refractivity contribution in [1.82, 2.24) is 13.9 Å². The fourth-order valence-electron chi connectivity index (χ4n) is 1.67. The van der Waals surface area contributed by atoms with Crippen LogP contribution in [0.3, 0.4) is 0 Å². The third kappa shape index (κ3) is 1.79. The third-order valence-corrected chi connectivity index (χ3v) is 4.89. The van der Waals surface area contributed by atoms with Gasteiger partial charge in [-0.1, -0.05) is 0 Å². The van der Waals surface area contributed by atoms with Crippen molar-refractivity contribution in [3.8, 4) is 0 Å². The molecule has 0 atom stereocenters. The predicted octanol–water partition coefficient (Wildman–Crippen LogP) is 0.437. The number of fused-ring (bicyclic) bond motifs is 1. The van der Waals surface area contributed by atoms with Crippen LogP contribution in [0, 0.1) is 0 Å². The standard InChI is InChI=1S/C9H15N3O2S/c1-8(2)15(13,14)12-6-5-11-4-3-10-9(11)7-12/h3-4,8H,5-7H2,1-2H3. The van der Waals surface area contributed by atoms with Gasteiger partial charge in [0.15, 0.2) is 0 Å². The summed E-state index contributed by atoms with van der Waals surface area (Å²) in [6.07, 6.45) is 3.59. The van der Waals surface area contributed by atoms with E-state index in [9.17, 15) is 8.42 Å². The van der Waals surface area contributed by atoms with E-state index in [1.165, 1.54) is 4.31 Å². The molecule has 0 amide bonds. The second-order valence-corrected chi connectivity index (χ2v) is 6.45. The Labute approximate surface area is 89.8 Å². The fourth-order valence-corrected chi connectivity index (χ4v) is 2.89. The molecule has 15 heavy (non-hydrogen) atoms. The number of nitrogens with zero attached hydrogens (tertiary/aromatic N) is 3. The zero-order valence-corrected chi connectivity index (χ0v) is 9.74. The zero-order valence-electron chi connectivity index (χ0n) is 8.92. The molecule has 0 aliphatic carbocycles. The largest absolute Gasteiger partial charge is 0.333 e. The van der Waals surface area contributed by atoms with E-state index in [0.29, 0.717) is 19.6 Å². The van der Waals surface area contributed by atoms with Crippen LogP contribution >= 0.6 is 0 Å². The Hall–Kier alpha value is -0.880. The molecule has 84 valence electrons. The summed E-state index contributed by atoms with van der Waals surface area (Å²) in [6, 6.07) is 0. The van der Waals surface area contributed by atoms with E-state index in [2.05, 4.69) is 4.98 Å². The highest BCUT2D eigenvalue weighted by Crippen LogP contribution is 2.16. The van der Waals surface area contributed by atoms with E-state index in [0.717, 1.165) is 5.82 Å². The lowest BCUT2D eigenvalue weighted by Gasteiger charge is -2.28. The van der Waals surface area contributed by atoms with Crippen molar-refractivity contribution in [3.63, 3.8) is 0 Å². The first-order valence-electron chi connectivity index (χ1n) is 5.01. The highest BCUT2D eigenvalue weighted by atomic mass is 32.2. The summed E-state index contributed by atoms with van der Waals surface area (Å²) >= 11 is 0. The molecule has 0 bridgehead atoms. The summed E-state index contributed by atoms with van der Waals surface area (Å²) in [4.78, 5) is 4.14. The molecule has 5 nitrogen and oxygen atoms in total. The van der Waals surface area contributed by atoms with Crippen molar-refractivity contribution < 1.29 is 8.42 Å². The highest BCUT2D eigenvalue weighted by Gasteiger charge is 2.29. The monoisotopic (exact) mass is 229 g/mol. The number of sulfonamides is 1. The maximum absolute atomic E-state index is 11.9. The van der Waals surface area contributed by atoms with E-state index in [1.807, 2.05) is 10.8 Å². The van der Waals surface area contributed by atoms with Crippen molar-refractivity contribution in [2.75, 3.05) is 6.54 Å². The van der Waals surface area contributed by atoms with Crippen molar-refractivity contribution in [3.05, 3.63) is 18.2 Å². The quantitative estimate of drug-likeness (QED) is 0.739. The van der Waals surface area contributed by atoms with Crippen LogP contribution in [0.2, 0.25) is 0 Å².